The van der Waals surface area contributed by atoms with E-state index in [2.05, 4.69) is 9.99 Å². The predicted octanol–water partition coefficient (Wildman–Crippen LogP) is 1.80. The largest absolute Gasteiger partial charge is 0.365 e. The van der Waals surface area contributed by atoms with Crippen molar-refractivity contribution in [1.29, 1.82) is 0 Å². The fourth-order valence-corrected chi connectivity index (χ4v) is 1.37. The van der Waals surface area contributed by atoms with Gasteiger partial charge in [0.05, 0.1) is 10.5 Å². The Kier molecular flexibility index (Phi) is 3.80. The van der Waals surface area contributed by atoms with Gasteiger partial charge in [0.15, 0.2) is 5.78 Å². The molecule has 1 aromatic carbocycles. The van der Waals surface area contributed by atoms with Crippen molar-refractivity contribution in [3.05, 3.63) is 64.2 Å². The smallest absolute Gasteiger partial charge is 0.312 e. The first-order chi connectivity index (χ1) is 9.56. The topological polar surface area (TPSA) is 98.9 Å². The number of ketones is 1. The molecule has 0 fully saturated rings. The summed E-state index contributed by atoms with van der Waals surface area (Å²) in [6, 6.07) is 4.94. The predicted molar refractivity (Wildman–Crippen MR) is 69.2 cm³/mol. The Morgan fingerprint density at radius 3 is 2.25 bits per heavy atom. The average molecular weight is 272 g/mol. The van der Waals surface area contributed by atoms with Gasteiger partial charge in [-0.05, 0) is 36.4 Å². The number of rotatable bonds is 3. The van der Waals surface area contributed by atoms with Crippen LogP contribution in [-0.4, -0.2) is 22.4 Å². The monoisotopic (exact) mass is 272 g/mol. The third kappa shape index (κ3) is 3.22. The average Bonchev–Trinajstić information content (AvgIpc) is 2.46. The van der Waals surface area contributed by atoms with E-state index in [9.17, 15) is 19.7 Å². The zero-order valence-electron chi connectivity index (χ0n) is 10.1. The zero-order valence-corrected chi connectivity index (χ0v) is 10.1. The van der Waals surface area contributed by atoms with Gasteiger partial charge in [-0.1, -0.05) is 5.16 Å². The Bertz CT molecular complexity index is 638. The second-order valence-corrected chi connectivity index (χ2v) is 3.77. The van der Waals surface area contributed by atoms with E-state index in [1.165, 1.54) is 48.6 Å². The van der Waals surface area contributed by atoms with E-state index >= 15 is 0 Å². The minimum atomic E-state index is -0.744. The van der Waals surface area contributed by atoms with Gasteiger partial charge in [-0.15, -0.1) is 0 Å². The van der Waals surface area contributed by atoms with Gasteiger partial charge in [0, 0.05) is 12.1 Å². The lowest BCUT2D eigenvalue weighted by Crippen LogP contribution is -2.05. The van der Waals surface area contributed by atoms with Crippen LogP contribution in [0.4, 0.5) is 5.69 Å². The van der Waals surface area contributed by atoms with Crippen LogP contribution in [-0.2, 0) is 9.63 Å². The van der Waals surface area contributed by atoms with Gasteiger partial charge in [0.2, 0.25) is 0 Å². The maximum Gasteiger partial charge on any atom is 0.365 e. The highest BCUT2D eigenvalue weighted by Gasteiger charge is 2.11. The van der Waals surface area contributed by atoms with Crippen molar-refractivity contribution in [2.24, 2.45) is 5.16 Å². The fraction of sp³-hybridized carbons (Fsp3) is 0. The fourth-order valence-electron chi connectivity index (χ4n) is 1.37. The molecule has 0 heterocycles. The second-order valence-electron chi connectivity index (χ2n) is 3.77. The number of nitrogens with zero attached hydrogens (tertiary/aromatic N) is 2. The van der Waals surface area contributed by atoms with E-state index in [1.54, 1.807) is 0 Å². The molecule has 100 valence electrons. The summed E-state index contributed by atoms with van der Waals surface area (Å²) in [5.74, 6) is -0.920. The Balaban J connectivity index is 2.04. The number of nitro benzene ring substituents is 1. The van der Waals surface area contributed by atoms with Crippen molar-refractivity contribution in [3.8, 4) is 0 Å². The number of carbonyl (C=O) groups excluding carboxylic acids is 2. The maximum absolute atomic E-state index is 11.6. The van der Waals surface area contributed by atoms with Crippen molar-refractivity contribution in [2.75, 3.05) is 0 Å². The molecule has 7 nitrogen and oxygen atoms in total. The van der Waals surface area contributed by atoms with Gasteiger partial charge >= 0.3 is 5.97 Å². The standard InChI is InChI=1S/C13H8N2O5/c16-12-7-3-10(4-8-12)14-20-13(17)9-1-5-11(6-2-9)15(18)19/h1-8H. The summed E-state index contributed by atoms with van der Waals surface area (Å²) in [4.78, 5) is 37.1. The molecule has 0 unspecified atom stereocenters. The summed E-state index contributed by atoms with van der Waals surface area (Å²) >= 11 is 0. The van der Waals surface area contributed by atoms with Crippen molar-refractivity contribution < 1.29 is 19.3 Å². The van der Waals surface area contributed by atoms with Crippen LogP contribution in [0.3, 0.4) is 0 Å². The van der Waals surface area contributed by atoms with Gasteiger partial charge in [-0.2, -0.15) is 0 Å². The molecule has 0 saturated heterocycles. The molecule has 0 aromatic heterocycles. The van der Waals surface area contributed by atoms with Gasteiger partial charge in [-0.3, -0.25) is 14.9 Å². The van der Waals surface area contributed by atoms with Gasteiger partial charge < -0.3 is 4.84 Å². The summed E-state index contributed by atoms with van der Waals surface area (Å²) in [5.41, 5.74) is 0.337. The van der Waals surface area contributed by atoms with Gasteiger partial charge in [-0.25, -0.2) is 4.79 Å². The van der Waals surface area contributed by atoms with Crippen molar-refractivity contribution >= 4 is 23.2 Å². The molecule has 20 heavy (non-hydrogen) atoms. The minimum absolute atomic E-state index is 0.121. The maximum atomic E-state index is 11.6. The number of non-ortho nitro benzene ring substituents is 1. The quantitative estimate of drug-likeness (QED) is 0.361. The molecule has 0 atom stereocenters. The summed E-state index contributed by atoms with van der Waals surface area (Å²) < 4.78 is 0. The van der Waals surface area contributed by atoms with Crippen LogP contribution in [0.1, 0.15) is 10.4 Å². The van der Waals surface area contributed by atoms with Crippen LogP contribution >= 0.6 is 0 Å². The normalized spacial score (nSPS) is 13.2. The molecular formula is C13H8N2O5. The third-order valence-corrected chi connectivity index (χ3v) is 2.38. The molecule has 1 aliphatic carbocycles. The lowest BCUT2D eigenvalue weighted by molar-refractivity contribution is -0.384. The number of hydrogen-bond acceptors (Lipinski definition) is 6. The molecule has 7 heteroatoms. The summed E-state index contributed by atoms with van der Waals surface area (Å²) in [7, 11) is 0. The zero-order chi connectivity index (χ0) is 14.5. The Hall–Kier alpha value is -3.09. The SMILES string of the molecule is O=C1C=CC(=NOC(=O)c2ccc([N+](=O)[O-])cc2)C=C1. The van der Waals surface area contributed by atoms with Crippen LogP contribution in [0.5, 0.6) is 0 Å². The highest BCUT2D eigenvalue weighted by atomic mass is 16.7. The lowest BCUT2D eigenvalue weighted by Gasteiger charge is -2.00. The summed E-state index contributed by atoms with van der Waals surface area (Å²) in [6.45, 7) is 0. The Morgan fingerprint density at radius 2 is 1.70 bits per heavy atom. The van der Waals surface area contributed by atoms with Gasteiger partial charge in [0.1, 0.15) is 5.71 Å². The first-order valence-electron chi connectivity index (χ1n) is 5.50. The van der Waals surface area contributed by atoms with Crippen LogP contribution in [0.25, 0.3) is 0 Å². The lowest BCUT2D eigenvalue weighted by atomic mass is 10.2. The summed E-state index contributed by atoms with van der Waals surface area (Å²) in [5, 5.41) is 14.0. The Labute approximate surface area is 113 Å². The number of carbonyl (C=O) groups is 2. The summed E-state index contributed by atoms with van der Waals surface area (Å²) in [6.07, 6.45) is 5.40. The molecule has 0 bridgehead atoms. The molecule has 2 rings (SSSR count). The van der Waals surface area contributed by atoms with Gasteiger partial charge in [0.25, 0.3) is 5.69 Å². The minimum Gasteiger partial charge on any atom is -0.312 e. The van der Waals surface area contributed by atoms with E-state index in [-0.39, 0.29) is 17.0 Å². The molecule has 0 saturated carbocycles. The first kappa shape index (κ1) is 13.3. The molecule has 1 aliphatic rings. The molecule has 0 spiro atoms. The highest BCUT2D eigenvalue weighted by Crippen LogP contribution is 2.12. The molecule has 1 aromatic rings. The van der Waals surface area contributed by atoms with E-state index in [4.69, 9.17) is 0 Å². The number of hydrogen-bond donors (Lipinski definition) is 0. The number of benzene rings is 1. The Morgan fingerprint density at radius 1 is 1.10 bits per heavy atom. The highest BCUT2D eigenvalue weighted by molar-refractivity contribution is 6.16. The van der Waals surface area contributed by atoms with E-state index < -0.39 is 10.9 Å². The van der Waals surface area contributed by atoms with Crippen LogP contribution in [0, 0.1) is 10.1 Å². The van der Waals surface area contributed by atoms with E-state index in [1.807, 2.05) is 0 Å². The van der Waals surface area contributed by atoms with Crippen LogP contribution in [0.2, 0.25) is 0 Å². The first-order valence-corrected chi connectivity index (χ1v) is 5.50. The molecule has 0 amide bonds. The van der Waals surface area contributed by atoms with Crippen molar-refractivity contribution in [3.63, 3.8) is 0 Å². The van der Waals surface area contributed by atoms with Crippen LogP contribution < -0.4 is 0 Å². The van der Waals surface area contributed by atoms with Crippen molar-refractivity contribution in [1.82, 2.24) is 0 Å². The van der Waals surface area contributed by atoms with E-state index in [0.717, 1.165) is 0 Å². The van der Waals surface area contributed by atoms with E-state index in [0.29, 0.717) is 5.71 Å². The molecule has 0 N–H and O–H groups in total. The number of nitro groups is 1. The van der Waals surface area contributed by atoms with Crippen molar-refractivity contribution in [2.45, 2.75) is 0 Å². The number of allylic oxidation sites excluding steroid dienone is 4. The second kappa shape index (κ2) is 5.70. The molecule has 0 aliphatic heterocycles. The molecule has 0 radical (unpaired) electrons. The number of oxime groups is 1. The molecular weight excluding hydrogens is 264 g/mol. The van der Waals surface area contributed by atoms with Crippen LogP contribution in [0.15, 0.2) is 53.7 Å². The third-order valence-electron chi connectivity index (χ3n) is 2.38.